The number of rotatable bonds is 9. The fourth-order valence-corrected chi connectivity index (χ4v) is 3.94. The fraction of sp³-hybridized carbons (Fsp3) is 0.208. The second kappa shape index (κ2) is 10.9. The largest absolute Gasteiger partial charge is 0.383 e. The number of halogens is 1. The average molecular weight is 473 g/mol. The number of hydrogen-bond acceptors (Lipinski definition) is 5. The molecule has 0 aliphatic carbocycles. The Hall–Kier alpha value is -3.43. The van der Waals surface area contributed by atoms with Gasteiger partial charge in [0.15, 0.2) is 0 Å². The summed E-state index contributed by atoms with van der Waals surface area (Å²) in [6, 6.07) is 17.9. The molecule has 9 heteroatoms. The van der Waals surface area contributed by atoms with Crippen LogP contribution in [0.25, 0.3) is 0 Å². The maximum atomic E-state index is 13.1. The Kier molecular flexibility index (Phi) is 8.02. The van der Waals surface area contributed by atoms with Gasteiger partial charge in [0.05, 0.1) is 6.61 Å². The van der Waals surface area contributed by atoms with Crippen molar-refractivity contribution in [2.24, 2.45) is 0 Å². The summed E-state index contributed by atoms with van der Waals surface area (Å²) in [5.74, 6) is -0.432. The Labute approximate surface area is 192 Å². The second-order valence-corrected chi connectivity index (χ2v) is 8.84. The number of para-hydroxylation sites is 1. The van der Waals surface area contributed by atoms with Crippen LogP contribution < -0.4 is 9.50 Å². The molecule has 1 N–H and O–H groups in total. The zero-order valence-electron chi connectivity index (χ0n) is 18.3. The summed E-state index contributed by atoms with van der Waals surface area (Å²) < 4.78 is 48.0. The van der Waals surface area contributed by atoms with Crippen LogP contribution in [0.4, 0.5) is 14.9 Å². The van der Waals surface area contributed by atoms with Crippen LogP contribution in [0.5, 0.6) is 5.75 Å². The molecule has 33 heavy (non-hydrogen) atoms. The van der Waals surface area contributed by atoms with E-state index in [-0.39, 0.29) is 23.2 Å². The van der Waals surface area contributed by atoms with E-state index in [1.807, 2.05) is 31.2 Å². The van der Waals surface area contributed by atoms with E-state index >= 15 is 0 Å². The fourth-order valence-electron chi connectivity index (χ4n) is 3.01. The normalized spacial score (nSPS) is 11.1. The second-order valence-electron chi connectivity index (χ2n) is 7.29. The summed E-state index contributed by atoms with van der Waals surface area (Å²) in [4.78, 5) is 14.3. The molecular weight excluding hydrogens is 447 g/mol. The Bertz CT molecular complexity index is 1180. The lowest BCUT2D eigenvalue weighted by Crippen LogP contribution is -2.37. The summed E-state index contributed by atoms with van der Waals surface area (Å²) in [6.45, 7) is 2.92. The first kappa shape index (κ1) is 24.2. The van der Waals surface area contributed by atoms with Gasteiger partial charge in [-0.2, -0.15) is 8.42 Å². The number of urea groups is 1. The number of ether oxygens (including phenoxy) is 1. The third-order valence-corrected chi connectivity index (χ3v) is 6.11. The molecule has 0 saturated carbocycles. The molecule has 3 aromatic carbocycles. The van der Waals surface area contributed by atoms with Crippen molar-refractivity contribution in [3.05, 3.63) is 89.7 Å². The number of hydrogen-bond donors (Lipinski definition) is 1. The van der Waals surface area contributed by atoms with Crippen molar-refractivity contribution in [2.75, 3.05) is 25.6 Å². The van der Waals surface area contributed by atoms with Gasteiger partial charge in [0.25, 0.3) is 0 Å². The highest BCUT2D eigenvalue weighted by Crippen LogP contribution is 2.21. The van der Waals surface area contributed by atoms with Crippen molar-refractivity contribution < 1.29 is 26.5 Å². The number of carbonyl (C=O) groups excluding carboxylic acids is 1. The molecule has 0 aromatic heterocycles. The van der Waals surface area contributed by atoms with Gasteiger partial charge >= 0.3 is 16.1 Å². The Morgan fingerprint density at radius 3 is 2.30 bits per heavy atom. The summed E-state index contributed by atoms with van der Waals surface area (Å²) in [5.41, 5.74) is 2.44. The van der Waals surface area contributed by atoms with E-state index in [9.17, 15) is 17.6 Å². The molecule has 3 aromatic rings. The summed E-state index contributed by atoms with van der Waals surface area (Å²) in [7, 11) is -2.53. The first-order valence-electron chi connectivity index (χ1n) is 10.2. The van der Waals surface area contributed by atoms with Gasteiger partial charge in [-0.1, -0.05) is 30.3 Å². The Morgan fingerprint density at radius 1 is 1.00 bits per heavy atom. The van der Waals surface area contributed by atoms with Crippen molar-refractivity contribution in [1.29, 1.82) is 0 Å². The molecule has 0 aliphatic heterocycles. The molecule has 0 unspecified atom stereocenters. The lowest BCUT2D eigenvalue weighted by Gasteiger charge is -2.23. The van der Waals surface area contributed by atoms with Crippen molar-refractivity contribution in [2.45, 2.75) is 18.4 Å². The van der Waals surface area contributed by atoms with E-state index in [0.717, 1.165) is 41.1 Å². The van der Waals surface area contributed by atoms with Crippen LogP contribution in [0.3, 0.4) is 0 Å². The van der Waals surface area contributed by atoms with E-state index in [1.165, 1.54) is 12.1 Å². The van der Waals surface area contributed by atoms with Gasteiger partial charge < -0.3 is 19.1 Å². The summed E-state index contributed by atoms with van der Waals surface area (Å²) >= 11 is 0. The number of anilines is 1. The standard InChI is InChI=1S/C24H25FN2O5S/c1-18-5-3-4-6-23(18)26-24(28)27(15-16-31-2)17-19-7-11-21(12-8-19)32-33(29,30)22-13-9-20(25)10-14-22/h3-14H,15-17H2,1-2H3,(H,26,28). The van der Waals surface area contributed by atoms with Gasteiger partial charge in [0.2, 0.25) is 0 Å². The van der Waals surface area contributed by atoms with E-state index < -0.39 is 15.9 Å². The van der Waals surface area contributed by atoms with Gasteiger partial charge in [-0.15, -0.1) is 0 Å². The van der Waals surface area contributed by atoms with Crippen LogP contribution in [0, 0.1) is 12.7 Å². The van der Waals surface area contributed by atoms with E-state index in [4.69, 9.17) is 8.92 Å². The van der Waals surface area contributed by atoms with Crippen molar-refractivity contribution in [1.82, 2.24) is 4.90 Å². The summed E-state index contributed by atoms with van der Waals surface area (Å²) in [5, 5.41) is 2.90. The zero-order valence-corrected chi connectivity index (χ0v) is 19.1. The molecule has 0 fully saturated rings. The number of aryl methyl sites for hydroxylation is 1. The average Bonchev–Trinajstić information content (AvgIpc) is 2.79. The lowest BCUT2D eigenvalue weighted by molar-refractivity contribution is 0.153. The van der Waals surface area contributed by atoms with Crippen LogP contribution in [-0.4, -0.2) is 39.6 Å². The highest BCUT2D eigenvalue weighted by atomic mass is 32.2. The minimum absolute atomic E-state index is 0.107. The Morgan fingerprint density at radius 2 is 1.67 bits per heavy atom. The number of methoxy groups -OCH3 is 1. The molecule has 0 bridgehead atoms. The van der Waals surface area contributed by atoms with E-state index in [1.54, 1.807) is 24.1 Å². The molecule has 0 radical (unpaired) electrons. The highest BCUT2D eigenvalue weighted by molar-refractivity contribution is 7.87. The molecule has 0 spiro atoms. The minimum Gasteiger partial charge on any atom is -0.383 e. The van der Waals surface area contributed by atoms with Crippen LogP contribution >= 0.6 is 0 Å². The molecular formula is C24H25FN2O5S. The molecule has 0 saturated heterocycles. The van der Waals surface area contributed by atoms with Crippen molar-refractivity contribution in [3.8, 4) is 5.75 Å². The highest BCUT2D eigenvalue weighted by Gasteiger charge is 2.18. The number of amides is 2. The quantitative estimate of drug-likeness (QED) is 0.461. The Balaban J connectivity index is 1.69. The summed E-state index contributed by atoms with van der Waals surface area (Å²) in [6.07, 6.45) is 0. The molecule has 0 aliphatic rings. The number of nitrogens with one attached hydrogen (secondary N) is 1. The van der Waals surface area contributed by atoms with Crippen LogP contribution in [0.2, 0.25) is 0 Å². The van der Waals surface area contributed by atoms with Gasteiger partial charge in [0, 0.05) is 25.9 Å². The third kappa shape index (κ3) is 6.77. The molecule has 174 valence electrons. The third-order valence-electron chi connectivity index (χ3n) is 4.84. The smallest absolute Gasteiger partial charge is 0.339 e. The van der Waals surface area contributed by atoms with E-state index in [2.05, 4.69) is 5.32 Å². The van der Waals surface area contributed by atoms with Gasteiger partial charge in [-0.05, 0) is 60.5 Å². The zero-order chi connectivity index (χ0) is 23.8. The maximum Gasteiger partial charge on any atom is 0.339 e. The number of nitrogens with zero attached hydrogens (tertiary/aromatic N) is 1. The molecule has 2 amide bonds. The van der Waals surface area contributed by atoms with Gasteiger partial charge in [0.1, 0.15) is 16.5 Å². The van der Waals surface area contributed by atoms with E-state index in [0.29, 0.717) is 13.2 Å². The van der Waals surface area contributed by atoms with Crippen LogP contribution in [0.1, 0.15) is 11.1 Å². The monoisotopic (exact) mass is 472 g/mol. The molecule has 0 atom stereocenters. The van der Waals surface area contributed by atoms with Gasteiger partial charge in [-0.25, -0.2) is 9.18 Å². The topological polar surface area (TPSA) is 84.9 Å². The molecule has 7 nitrogen and oxygen atoms in total. The molecule has 3 rings (SSSR count). The predicted octanol–water partition coefficient (Wildman–Crippen LogP) is 4.58. The number of carbonyl (C=O) groups is 1. The molecule has 0 heterocycles. The minimum atomic E-state index is -4.09. The van der Waals surface area contributed by atoms with Gasteiger partial charge in [-0.3, -0.25) is 0 Å². The predicted molar refractivity (Wildman–Crippen MR) is 123 cm³/mol. The van der Waals surface area contributed by atoms with Crippen molar-refractivity contribution >= 4 is 21.8 Å². The SMILES string of the molecule is COCCN(Cc1ccc(OS(=O)(=O)c2ccc(F)cc2)cc1)C(=O)Nc1ccccc1C. The van der Waals surface area contributed by atoms with Crippen molar-refractivity contribution in [3.63, 3.8) is 0 Å². The first-order valence-corrected chi connectivity index (χ1v) is 11.6. The van der Waals surface area contributed by atoms with Crippen LogP contribution in [0.15, 0.2) is 77.7 Å². The number of benzene rings is 3. The maximum absolute atomic E-state index is 13.1. The van der Waals surface area contributed by atoms with Crippen LogP contribution in [-0.2, 0) is 21.4 Å². The lowest BCUT2D eigenvalue weighted by atomic mass is 10.2. The first-order chi connectivity index (χ1) is 15.8.